The molecule has 1 atom stereocenters. The Labute approximate surface area is 184 Å². The van der Waals surface area contributed by atoms with Gasteiger partial charge in [-0.1, -0.05) is 41.9 Å². The van der Waals surface area contributed by atoms with Crippen LogP contribution in [-0.4, -0.2) is 29.6 Å². The molecule has 166 valence electrons. The molecule has 32 heavy (non-hydrogen) atoms. The highest BCUT2D eigenvalue weighted by Crippen LogP contribution is 2.27. The summed E-state index contributed by atoms with van der Waals surface area (Å²) in [6, 6.07) is 9.33. The van der Waals surface area contributed by atoms with E-state index in [9.17, 15) is 24.0 Å². The summed E-state index contributed by atoms with van der Waals surface area (Å²) in [4.78, 5) is 60.9. The van der Waals surface area contributed by atoms with Crippen LogP contribution in [0.5, 0.6) is 5.75 Å². The smallest absolute Gasteiger partial charge is 0.437 e. The van der Waals surface area contributed by atoms with Gasteiger partial charge < -0.3 is 24.9 Å². The molecule has 3 aromatic rings. The Kier molecular flexibility index (Phi) is 6.59. The second kappa shape index (κ2) is 9.35. The number of nitrogens with one attached hydrogen (secondary N) is 1. The second-order valence-electron chi connectivity index (χ2n) is 6.41. The predicted octanol–water partition coefficient (Wildman–Crippen LogP) is 1.10. The van der Waals surface area contributed by atoms with Crippen molar-refractivity contribution in [2.45, 2.75) is 12.6 Å². The molecule has 1 unspecified atom stereocenters. The Bertz CT molecular complexity index is 1320. The van der Waals surface area contributed by atoms with Gasteiger partial charge in [-0.05, 0) is 11.6 Å². The van der Waals surface area contributed by atoms with Gasteiger partial charge in [-0.25, -0.2) is 14.2 Å². The molecule has 0 aliphatic heterocycles. The second-order valence-corrected chi connectivity index (χ2v) is 6.85. The maximum Gasteiger partial charge on any atom is 0.513 e. The van der Waals surface area contributed by atoms with Crippen LogP contribution in [0.2, 0.25) is 5.02 Å². The summed E-state index contributed by atoms with van der Waals surface area (Å²) in [5.74, 6) is -3.20. The first kappa shape index (κ1) is 22.6. The summed E-state index contributed by atoms with van der Waals surface area (Å²) in [7, 11) is 1.06. The zero-order valence-electron chi connectivity index (χ0n) is 16.5. The van der Waals surface area contributed by atoms with Crippen molar-refractivity contribution in [3.8, 4) is 5.75 Å². The fourth-order valence-electron chi connectivity index (χ4n) is 2.86. The Hall–Kier alpha value is -4.12. The van der Waals surface area contributed by atoms with E-state index in [1.165, 1.54) is 6.07 Å². The van der Waals surface area contributed by atoms with Crippen LogP contribution >= 0.6 is 11.6 Å². The summed E-state index contributed by atoms with van der Waals surface area (Å²) in [5.41, 5.74) is 4.49. The van der Waals surface area contributed by atoms with Gasteiger partial charge in [-0.3, -0.25) is 14.4 Å². The highest BCUT2D eigenvalue weighted by atomic mass is 35.5. The van der Waals surface area contributed by atoms with Crippen molar-refractivity contribution in [2.75, 3.05) is 7.11 Å². The molecule has 0 saturated carbocycles. The average molecular weight is 462 g/mol. The fourth-order valence-corrected chi connectivity index (χ4v) is 3.07. The third kappa shape index (κ3) is 4.78. The van der Waals surface area contributed by atoms with Gasteiger partial charge in [-0.15, -0.1) is 0 Å². The Morgan fingerprint density at radius 2 is 1.88 bits per heavy atom. The molecule has 0 radical (unpaired) electrons. The van der Waals surface area contributed by atoms with Crippen molar-refractivity contribution in [1.29, 1.82) is 0 Å². The summed E-state index contributed by atoms with van der Waals surface area (Å²) in [5, 5.41) is 2.15. The van der Waals surface area contributed by atoms with E-state index >= 15 is 0 Å². The molecule has 2 aromatic carbocycles. The lowest BCUT2D eigenvalue weighted by Crippen LogP contribution is -2.43. The lowest BCUT2D eigenvalue weighted by molar-refractivity contribution is -0.128. The molecule has 1 aromatic heterocycles. The number of primary amides is 1. The third-order valence-electron chi connectivity index (χ3n) is 4.29. The first-order chi connectivity index (χ1) is 15.2. The maximum absolute atomic E-state index is 12.8. The summed E-state index contributed by atoms with van der Waals surface area (Å²) < 4.78 is 14.8. The van der Waals surface area contributed by atoms with Gasteiger partial charge in [0.15, 0.2) is 11.3 Å². The minimum Gasteiger partial charge on any atom is -0.437 e. The number of halogens is 1. The lowest BCUT2D eigenvalue weighted by Gasteiger charge is -2.16. The number of carbonyl (C=O) groups excluding carboxylic acids is 3. The normalized spacial score (nSPS) is 11.6. The van der Waals surface area contributed by atoms with Gasteiger partial charge >= 0.3 is 11.9 Å². The van der Waals surface area contributed by atoms with Crippen LogP contribution in [0.3, 0.4) is 0 Å². The number of rotatable bonds is 6. The van der Waals surface area contributed by atoms with E-state index in [4.69, 9.17) is 26.5 Å². The fraction of sp³-hybridized carbons (Fsp3) is 0.150. The summed E-state index contributed by atoms with van der Waals surface area (Å²) >= 11 is 5.96. The van der Waals surface area contributed by atoms with Crippen LogP contribution in [0.25, 0.3) is 11.0 Å². The number of amides is 2. The standard InChI is InChI=1S/C20H16ClN3O8/c1-30-20(29)31-13-8-11(21)7-12-16(13)32-19(28)24(18(12)27)9-14(25)23-15(17(22)26)10-5-3-2-4-6-10/h2-8,15H,9H2,1H3,(H2,22,26)(H,23,25). The quantitative estimate of drug-likeness (QED) is 0.407. The van der Waals surface area contributed by atoms with Gasteiger partial charge in [0, 0.05) is 11.1 Å². The van der Waals surface area contributed by atoms with E-state index in [2.05, 4.69) is 10.1 Å². The molecular weight excluding hydrogens is 446 g/mol. The van der Waals surface area contributed by atoms with Crippen molar-refractivity contribution in [3.63, 3.8) is 0 Å². The van der Waals surface area contributed by atoms with E-state index in [0.29, 0.717) is 10.1 Å². The Balaban J connectivity index is 1.96. The number of hydrogen-bond acceptors (Lipinski definition) is 8. The predicted molar refractivity (Wildman–Crippen MR) is 111 cm³/mol. The van der Waals surface area contributed by atoms with Gasteiger partial charge in [0.2, 0.25) is 11.8 Å². The molecule has 1 heterocycles. The topological polar surface area (TPSA) is 160 Å². The van der Waals surface area contributed by atoms with Gasteiger partial charge in [0.05, 0.1) is 12.5 Å². The number of methoxy groups -OCH3 is 1. The minimum atomic E-state index is -1.20. The van der Waals surface area contributed by atoms with Crippen LogP contribution in [0, 0.1) is 0 Å². The molecule has 0 spiro atoms. The number of hydrogen-bond donors (Lipinski definition) is 2. The van der Waals surface area contributed by atoms with E-state index in [-0.39, 0.29) is 21.7 Å². The molecule has 0 fully saturated rings. The zero-order chi connectivity index (χ0) is 23.4. The molecule has 0 aliphatic carbocycles. The van der Waals surface area contributed by atoms with Crippen molar-refractivity contribution >= 4 is 40.5 Å². The van der Waals surface area contributed by atoms with Crippen LogP contribution in [0.4, 0.5) is 4.79 Å². The van der Waals surface area contributed by atoms with E-state index < -0.39 is 41.9 Å². The van der Waals surface area contributed by atoms with Crippen LogP contribution in [-0.2, 0) is 20.9 Å². The zero-order valence-corrected chi connectivity index (χ0v) is 17.3. The summed E-state index contributed by atoms with van der Waals surface area (Å²) in [6.45, 7) is -0.770. The molecule has 11 nitrogen and oxygen atoms in total. The van der Waals surface area contributed by atoms with E-state index in [1.807, 2.05) is 0 Å². The van der Waals surface area contributed by atoms with E-state index in [1.54, 1.807) is 30.3 Å². The van der Waals surface area contributed by atoms with Gasteiger partial charge in [0.1, 0.15) is 12.6 Å². The van der Waals surface area contributed by atoms with Gasteiger partial charge in [-0.2, -0.15) is 0 Å². The first-order valence-electron chi connectivity index (χ1n) is 8.98. The monoisotopic (exact) mass is 461 g/mol. The summed E-state index contributed by atoms with van der Waals surface area (Å²) in [6.07, 6.45) is -1.13. The molecule has 0 bridgehead atoms. The SMILES string of the molecule is COC(=O)Oc1cc(Cl)cc2c(=O)n(CC(=O)NC(C(N)=O)c3ccccc3)c(=O)oc12. The largest absolute Gasteiger partial charge is 0.513 e. The molecule has 12 heteroatoms. The number of ether oxygens (including phenoxy) is 2. The highest BCUT2D eigenvalue weighted by molar-refractivity contribution is 6.31. The number of carbonyl (C=O) groups is 3. The minimum absolute atomic E-state index is 0.00350. The average Bonchev–Trinajstić information content (AvgIpc) is 2.76. The third-order valence-corrected chi connectivity index (χ3v) is 4.51. The Morgan fingerprint density at radius 3 is 2.50 bits per heavy atom. The molecule has 0 aliphatic rings. The van der Waals surface area contributed by atoms with Crippen molar-refractivity contribution in [3.05, 3.63) is 74.0 Å². The lowest BCUT2D eigenvalue weighted by atomic mass is 10.1. The van der Waals surface area contributed by atoms with Crippen molar-refractivity contribution < 1.29 is 28.3 Å². The molecule has 3 rings (SSSR count). The first-order valence-corrected chi connectivity index (χ1v) is 9.35. The Morgan fingerprint density at radius 1 is 1.19 bits per heavy atom. The van der Waals surface area contributed by atoms with Crippen molar-refractivity contribution in [2.24, 2.45) is 5.73 Å². The number of nitrogens with zero attached hydrogens (tertiary/aromatic N) is 1. The molecule has 0 saturated heterocycles. The van der Waals surface area contributed by atoms with E-state index in [0.717, 1.165) is 13.2 Å². The number of nitrogens with two attached hydrogens (primary N) is 1. The number of aromatic nitrogens is 1. The van der Waals surface area contributed by atoms with Crippen molar-refractivity contribution in [1.82, 2.24) is 9.88 Å². The molecule has 3 N–H and O–H groups in total. The molecule has 2 amide bonds. The van der Waals surface area contributed by atoms with Crippen LogP contribution in [0.1, 0.15) is 11.6 Å². The number of benzene rings is 2. The maximum atomic E-state index is 12.8. The van der Waals surface area contributed by atoms with Gasteiger partial charge in [0.25, 0.3) is 5.56 Å². The number of fused-ring (bicyclic) bond motifs is 1. The highest BCUT2D eigenvalue weighted by Gasteiger charge is 2.23. The van der Waals surface area contributed by atoms with Crippen LogP contribution in [0.15, 0.2) is 56.5 Å². The van der Waals surface area contributed by atoms with Crippen LogP contribution < -0.4 is 27.1 Å². The molecular formula is C20H16ClN3O8.